The summed E-state index contributed by atoms with van der Waals surface area (Å²) >= 11 is 5.77. The van der Waals surface area contributed by atoms with Crippen molar-refractivity contribution in [1.29, 1.82) is 0 Å². The molecule has 0 atom stereocenters. The quantitative estimate of drug-likeness (QED) is 0.483. The fourth-order valence-corrected chi connectivity index (χ4v) is 4.61. The standard InChI is InChI=1S/C21H19ClF3N3O3S/c22-16-7-9-17(10-8-16)28-19(21(23,24)25)18(13-27-28)20(29)26-11-4-12-32(30,31)14-15-5-2-1-3-6-15/h1-3,5-10,13H,4,11-12,14H2,(H,26,29). The second-order valence-corrected chi connectivity index (χ2v) is 9.60. The van der Waals surface area contributed by atoms with Crippen molar-refractivity contribution in [3.63, 3.8) is 0 Å². The second-order valence-electron chi connectivity index (χ2n) is 6.98. The van der Waals surface area contributed by atoms with Crippen LogP contribution in [0.2, 0.25) is 5.02 Å². The molecule has 1 aromatic heterocycles. The molecule has 1 N–H and O–H groups in total. The molecule has 6 nitrogen and oxygen atoms in total. The minimum atomic E-state index is -4.85. The van der Waals surface area contributed by atoms with Gasteiger partial charge < -0.3 is 5.32 Å². The Hall–Kier alpha value is -2.85. The first-order valence-corrected chi connectivity index (χ1v) is 11.7. The number of alkyl halides is 3. The van der Waals surface area contributed by atoms with Crippen LogP contribution in [0.5, 0.6) is 0 Å². The highest BCUT2D eigenvalue weighted by Gasteiger charge is 2.40. The highest BCUT2D eigenvalue weighted by atomic mass is 35.5. The summed E-state index contributed by atoms with van der Waals surface area (Å²) in [5, 5.41) is 6.40. The molecule has 32 heavy (non-hydrogen) atoms. The molecule has 3 rings (SSSR count). The molecule has 0 bridgehead atoms. The number of amides is 1. The maximum absolute atomic E-state index is 13.7. The van der Waals surface area contributed by atoms with E-state index in [0.29, 0.717) is 15.3 Å². The van der Waals surface area contributed by atoms with Crippen molar-refractivity contribution >= 4 is 27.3 Å². The molecule has 0 radical (unpaired) electrons. The zero-order chi connectivity index (χ0) is 23.4. The summed E-state index contributed by atoms with van der Waals surface area (Å²) in [6, 6.07) is 14.1. The number of rotatable bonds is 8. The van der Waals surface area contributed by atoms with Crippen LogP contribution in [0.3, 0.4) is 0 Å². The van der Waals surface area contributed by atoms with Crippen molar-refractivity contribution in [1.82, 2.24) is 15.1 Å². The number of hydrogen-bond acceptors (Lipinski definition) is 4. The summed E-state index contributed by atoms with van der Waals surface area (Å²) in [5.41, 5.74) is -1.15. The molecule has 0 aliphatic heterocycles. The maximum Gasteiger partial charge on any atom is 0.434 e. The van der Waals surface area contributed by atoms with E-state index < -0.39 is 33.2 Å². The average molecular weight is 486 g/mol. The van der Waals surface area contributed by atoms with Gasteiger partial charge in [-0.25, -0.2) is 13.1 Å². The molecule has 1 heterocycles. The van der Waals surface area contributed by atoms with E-state index >= 15 is 0 Å². The van der Waals surface area contributed by atoms with Gasteiger partial charge in [-0.05, 0) is 36.2 Å². The third-order valence-electron chi connectivity index (χ3n) is 4.50. The number of sulfone groups is 1. The van der Waals surface area contributed by atoms with Crippen LogP contribution < -0.4 is 5.32 Å². The molecule has 170 valence electrons. The number of benzene rings is 2. The number of halogens is 4. The zero-order valence-electron chi connectivity index (χ0n) is 16.6. The first kappa shape index (κ1) is 23.8. The molecule has 3 aromatic rings. The Bertz CT molecular complexity index is 1180. The monoisotopic (exact) mass is 485 g/mol. The van der Waals surface area contributed by atoms with E-state index in [4.69, 9.17) is 11.6 Å². The SMILES string of the molecule is O=C(NCCCS(=O)(=O)Cc1ccccc1)c1cnn(-c2ccc(Cl)cc2)c1C(F)(F)F. The lowest BCUT2D eigenvalue weighted by Crippen LogP contribution is -2.28. The minimum Gasteiger partial charge on any atom is -0.352 e. The van der Waals surface area contributed by atoms with Gasteiger partial charge in [-0.1, -0.05) is 41.9 Å². The summed E-state index contributed by atoms with van der Waals surface area (Å²) in [7, 11) is -3.42. The fourth-order valence-electron chi connectivity index (χ4n) is 3.06. The van der Waals surface area contributed by atoms with Crippen LogP contribution in [0, 0.1) is 0 Å². The Balaban J connectivity index is 1.66. The highest BCUT2D eigenvalue weighted by molar-refractivity contribution is 7.90. The van der Waals surface area contributed by atoms with Gasteiger partial charge in [0.25, 0.3) is 5.91 Å². The van der Waals surface area contributed by atoms with Crippen molar-refractivity contribution in [3.8, 4) is 5.69 Å². The largest absolute Gasteiger partial charge is 0.434 e. The van der Waals surface area contributed by atoms with Gasteiger partial charge in [-0.15, -0.1) is 0 Å². The van der Waals surface area contributed by atoms with Crippen LogP contribution in [0.4, 0.5) is 13.2 Å². The zero-order valence-corrected chi connectivity index (χ0v) is 18.2. The number of nitrogens with one attached hydrogen (secondary N) is 1. The molecule has 0 aliphatic carbocycles. The summed E-state index contributed by atoms with van der Waals surface area (Å²) in [6.07, 6.45) is -3.95. The highest BCUT2D eigenvalue weighted by Crippen LogP contribution is 2.33. The number of hydrogen-bond donors (Lipinski definition) is 1. The smallest absolute Gasteiger partial charge is 0.352 e. The van der Waals surface area contributed by atoms with Gasteiger partial charge in [0.15, 0.2) is 15.5 Å². The number of carbonyl (C=O) groups excluding carboxylic acids is 1. The van der Waals surface area contributed by atoms with Crippen LogP contribution in [-0.2, 0) is 21.8 Å². The van der Waals surface area contributed by atoms with E-state index in [2.05, 4.69) is 10.4 Å². The predicted molar refractivity (Wildman–Crippen MR) is 114 cm³/mol. The Morgan fingerprint density at radius 1 is 1.06 bits per heavy atom. The molecule has 1 amide bonds. The molecular weight excluding hydrogens is 467 g/mol. The van der Waals surface area contributed by atoms with Gasteiger partial charge in [-0.2, -0.15) is 18.3 Å². The fraction of sp³-hybridized carbons (Fsp3) is 0.238. The van der Waals surface area contributed by atoms with E-state index in [9.17, 15) is 26.4 Å². The van der Waals surface area contributed by atoms with Gasteiger partial charge in [-0.3, -0.25) is 4.79 Å². The first-order chi connectivity index (χ1) is 15.1. The molecule has 0 aliphatic rings. The normalized spacial score (nSPS) is 12.0. The van der Waals surface area contributed by atoms with Gasteiger partial charge in [0.05, 0.1) is 29.0 Å². The summed E-state index contributed by atoms with van der Waals surface area (Å²) in [6.45, 7) is -0.101. The van der Waals surface area contributed by atoms with Crippen LogP contribution in [0.15, 0.2) is 60.8 Å². The van der Waals surface area contributed by atoms with Gasteiger partial charge in [0.2, 0.25) is 0 Å². The van der Waals surface area contributed by atoms with Gasteiger partial charge in [0, 0.05) is 11.6 Å². The Morgan fingerprint density at radius 2 is 1.72 bits per heavy atom. The predicted octanol–water partition coefficient (Wildman–Crippen LogP) is 4.28. The Labute approximate surface area is 187 Å². The van der Waals surface area contributed by atoms with Crippen molar-refractivity contribution in [3.05, 3.63) is 82.6 Å². The van der Waals surface area contributed by atoms with E-state index in [1.54, 1.807) is 30.3 Å². The Morgan fingerprint density at radius 3 is 2.34 bits per heavy atom. The maximum atomic E-state index is 13.7. The second kappa shape index (κ2) is 9.74. The van der Waals surface area contributed by atoms with Crippen molar-refractivity contribution in [2.24, 2.45) is 0 Å². The topological polar surface area (TPSA) is 81.1 Å². The number of carbonyl (C=O) groups is 1. The van der Waals surface area contributed by atoms with Gasteiger partial charge in [0.1, 0.15) is 0 Å². The van der Waals surface area contributed by atoms with Crippen LogP contribution >= 0.6 is 11.6 Å². The third kappa shape index (κ3) is 6.10. The lowest BCUT2D eigenvalue weighted by atomic mass is 10.2. The van der Waals surface area contributed by atoms with E-state index in [0.717, 1.165) is 6.20 Å². The van der Waals surface area contributed by atoms with Crippen molar-refractivity contribution in [2.45, 2.75) is 18.3 Å². The average Bonchev–Trinajstić information content (AvgIpc) is 3.18. The molecule has 0 unspecified atom stereocenters. The lowest BCUT2D eigenvalue weighted by molar-refractivity contribution is -0.143. The molecule has 2 aromatic carbocycles. The first-order valence-electron chi connectivity index (χ1n) is 9.50. The molecular formula is C21H19ClF3N3O3S. The molecule has 0 saturated heterocycles. The van der Waals surface area contributed by atoms with Crippen LogP contribution in [-0.4, -0.2) is 36.4 Å². The van der Waals surface area contributed by atoms with Crippen molar-refractivity contribution in [2.75, 3.05) is 12.3 Å². The van der Waals surface area contributed by atoms with Crippen molar-refractivity contribution < 1.29 is 26.4 Å². The van der Waals surface area contributed by atoms with Crippen LogP contribution in [0.1, 0.15) is 28.0 Å². The van der Waals surface area contributed by atoms with Gasteiger partial charge >= 0.3 is 6.18 Å². The molecule has 0 fully saturated rings. The summed E-state index contributed by atoms with van der Waals surface area (Å²) in [4.78, 5) is 12.4. The van der Waals surface area contributed by atoms with E-state index in [1.807, 2.05) is 0 Å². The van der Waals surface area contributed by atoms with E-state index in [1.165, 1.54) is 24.3 Å². The number of nitrogens with zero attached hydrogens (tertiary/aromatic N) is 2. The minimum absolute atomic E-state index is 0.0631. The van der Waals surface area contributed by atoms with E-state index in [-0.39, 0.29) is 30.2 Å². The third-order valence-corrected chi connectivity index (χ3v) is 6.44. The summed E-state index contributed by atoms with van der Waals surface area (Å²) < 4.78 is 66.0. The Kier molecular flexibility index (Phi) is 7.25. The molecule has 0 spiro atoms. The lowest BCUT2D eigenvalue weighted by Gasteiger charge is -2.13. The molecule has 11 heteroatoms. The summed E-state index contributed by atoms with van der Waals surface area (Å²) in [5.74, 6) is -1.34. The number of aromatic nitrogens is 2. The molecule has 0 saturated carbocycles. The van der Waals surface area contributed by atoms with Crippen LogP contribution in [0.25, 0.3) is 5.69 Å².